The molecule has 2 N–H and O–H groups in total. The molecular weight excluding hydrogens is 258 g/mol. The van der Waals surface area contributed by atoms with Crippen LogP contribution in [0.25, 0.3) is 10.2 Å². The third-order valence-electron chi connectivity index (χ3n) is 4.01. The molecule has 19 heavy (non-hydrogen) atoms. The van der Waals surface area contributed by atoms with Crippen LogP contribution in [0, 0.1) is 0 Å². The van der Waals surface area contributed by atoms with E-state index >= 15 is 0 Å². The molecule has 2 heterocycles. The van der Waals surface area contributed by atoms with Crippen molar-refractivity contribution in [3.63, 3.8) is 0 Å². The second-order valence-electron chi connectivity index (χ2n) is 5.23. The lowest BCUT2D eigenvalue weighted by atomic mass is 10.1. The highest BCUT2D eigenvalue weighted by Crippen LogP contribution is 2.22. The number of hydrogen-bond donors (Lipinski definition) is 1. The quantitative estimate of drug-likeness (QED) is 0.925. The molecule has 102 valence electrons. The van der Waals surface area contributed by atoms with Crippen molar-refractivity contribution in [2.75, 3.05) is 13.1 Å². The second kappa shape index (κ2) is 5.07. The topological polar surface area (TPSA) is 51.3 Å². The summed E-state index contributed by atoms with van der Waals surface area (Å²) in [5.41, 5.74) is 8.10. The maximum absolute atomic E-state index is 11.6. The number of hydrogen-bond acceptors (Lipinski definition) is 4. The summed E-state index contributed by atoms with van der Waals surface area (Å²) in [5, 5.41) is 0. The van der Waals surface area contributed by atoms with Gasteiger partial charge in [-0.3, -0.25) is 9.69 Å². The zero-order valence-electron chi connectivity index (χ0n) is 11.1. The monoisotopic (exact) mass is 277 g/mol. The van der Waals surface area contributed by atoms with Crippen LogP contribution in [0.2, 0.25) is 0 Å². The Labute approximate surface area is 116 Å². The molecule has 2 aromatic rings. The van der Waals surface area contributed by atoms with Crippen LogP contribution in [0.3, 0.4) is 0 Å². The van der Waals surface area contributed by atoms with Gasteiger partial charge in [-0.25, -0.2) is 0 Å². The number of aromatic nitrogens is 1. The van der Waals surface area contributed by atoms with Crippen molar-refractivity contribution in [3.05, 3.63) is 33.4 Å². The summed E-state index contributed by atoms with van der Waals surface area (Å²) >= 11 is 1.32. The van der Waals surface area contributed by atoms with Crippen molar-refractivity contribution in [1.82, 2.24) is 9.47 Å². The largest absolute Gasteiger partial charge is 0.329 e. The van der Waals surface area contributed by atoms with Crippen LogP contribution in [0.1, 0.15) is 18.4 Å². The summed E-state index contributed by atoms with van der Waals surface area (Å²) in [7, 11) is 1.83. The molecule has 1 aliphatic heterocycles. The molecule has 0 bridgehead atoms. The Morgan fingerprint density at radius 1 is 1.47 bits per heavy atom. The third kappa shape index (κ3) is 2.33. The van der Waals surface area contributed by atoms with Crippen LogP contribution in [0.15, 0.2) is 23.0 Å². The Hall–Kier alpha value is -1.17. The minimum Gasteiger partial charge on any atom is -0.329 e. The number of nitrogens with zero attached hydrogens (tertiary/aromatic N) is 2. The zero-order chi connectivity index (χ0) is 13.4. The second-order valence-corrected chi connectivity index (χ2v) is 6.22. The van der Waals surface area contributed by atoms with Crippen molar-refractivity contribution < 1.29 is 0 Å². The standard InChI is InChI=1S/C14H19N3OS/c1-16-12-5-4-10(7-13(12)19-14(16)18)9-17-6-2-3-11(17)8-15/h4-5,7,11H,2-3,6,8-9,15H2,1H3. The van der Waals surface area contributed by atoms with Crippen LogP contribution in [0.5, 0.6) is 0 Å². The van der Waals surface area contributed by atoms with Crippen LogP contribution in [-0.4, -0.2) is 28.6 Å². The average molecular weight is 277 g/mol. The van der Waals surface area contributed by atoms with Crippen molar-refractivity contribution >= 4 is 21.6 Å². The van der Waals surface area contributed by atoms with E-state index in [9.17, 15) is 4.79 Å². The van der Waals surface area contributed by atoms with E-state index in [-0.39, 0.29) is 4.87 Å². The minimum atomic E-state index is 0.105. The van der Waals surface area contributed by atoms with Gasteiger partial charge in [0.1, 0.15) is 0 Å². The molecule has 1 fully saturated rings. The normalized spacial score (nSPS) is 20.4. The number of likely N-dealkylation sites (tertiary alicyclic amines) is 1. The highest BCUT2D eigenvalue weighted by molar-refractivity contribution is 7.16. The fourth-order valence-corrected chi connectivity index (χ4v) is 3.82. The van der Waals surface area contributed by atoms with Crippen molar-refractivity contribution in [2.45, 2.75) is 25.4 Å². The molecular formula is C14H19N3OS. The smallest absolute Gasteiger partial charge is 0.307 e. The predicted molar refractivity (Wildman–Crippen MR) is 79.6 cm³/mol. The fourth-order valence-electron chi connectivity index (χ4n) is 2.88. The van der Waals surface area contributed by atoms with Crippen LogP contribution in [0.4, 0.5) is 0 Å². The van der Waals surface area contributed by atoms with Crippen molar-refractivity contribution in [3.8, 4) is 0 Å². The van der Waals surface area contributed by atoms with E-state index in [4.69, 9.17) is 5.73 Å². The van der Waals surface area contributed by atoms with E-state index in [2.05, 4.69) is 23.1 Å². The first-order valence-electron chi connectivity index (χ1n) is 6.71. The molecule has 1 atom stereocenters. The van der Waals surface area contributed by atoms with E-state index < -0.39 is 0 Å². The molecule has 1 saturated heterocycles. The van der Waals surface area contributed by atoms with Gasteiger partial charge < -0.3 is 10.3 Å². The van der Waals surface area contributed by atoms with Gasteiger partial charge in [0.15, 0.2) is 0 Å². The van der Waals surface area contributed by atoms with Gasteiger partial charge in [-0.1, -0.05) is 17.4 Å². The number of nitrogens with two attached hydrogens (primary N) is 1. The summed E-state index contributed by atoms with van der Waals surface area (Å²) in [6, 6.07) is 6.84. The Balaban J connectivity index is 1.87. The van der Waals surface area contributed by atoms with Gasteiger partial charge in [0, 0.05) is 26.2 Å². The Bertz CT molecular complexity index is 646. The maximum Gasteiger partial charge on any atom is 0.307 e. The third-order valence-corrected chi connectivity index (χ3v) is 5.01. The van der Waals surface area contributed by atoms with Gasteiger partial charge in [-0.2, -0.15) is 0 Å². The summed E-state index contributed by atoms with van der Waals surface area (Å²) < 4.78 is 2.79. The van der Waals surface area contributed by atoms with Gasteiger partial charge in [-0.05, 0) is 37.1 Å². The average Bonchev–Trinajstić information content (AvgIpc) is 2.95. The molecule has 1 aromatic carbocycles. The molecule has 1 aromatic heterocycles. The molecule has 0 amide bonds. The zero-order valence-corrected chi connectivity index (χ0v) is 11.9. The molecule has 3 rings (SSSR count). The van der Waals surface area contributed by atoms with E-state index in [1.807, 2.05) is 7.05 Å². The molecule has 0 aliphatic carbocycles. The maximum atomic E-state index is 11.6. The number of aryl methyl sites for hydroxylation is 1. The Kier molecular flexibility index (Phi) is 3.43. The lowest BCUT2D eigenvalue weighted by Gasteiger charge is -2.23. The molecule has 1 aliphatic rings. The summed E-state index contributed by atoms with van der Waals surface area (Å²) in [5.74, 6) is 0. The van der Waals surface area contributed by atoms with Gasteiger partial charge >= 0.3 is 4.87 Å². The fraction of sp³-hybridized carbons (Fsp3) is 0.500. The molecule has 0 radical (unpaired) electrons. The van der Waals surface area contributed by atoms with E-state index in [0.717, 1.165) is 29.9 Å². The number of rotatable bonds is 3. The van der Waals surface area contributed by atoms with Gasteiger partial charge in [0.2, 0.25) is 0 Å². The van der Waals surface area contributed by atoms with Crippen LogP contribution < -0.4 is 10.6 Å². The number of fused-ring (bicyclic) bond motifs is 1. The Morgan fingerprint density at radius 2 is 2.32 bits per heavy atom. The first-order valence-corrected chi connectivity index (χ1v) is 7.53. The lowest BCUT2D eigenvalue weighted by molar-refractivity contribution is 0.250. The van der Waals surface area contributed by atoms with Crippen molar-refractivity contribution in [1.29, 1.82) is 0 Å². The summed E-state index contributed by atoms with van der Waals surface area (Å²) in [6.45, 7) is 2.81. The minimum absolute atomic E-state index is 0.105. The number of thiazole rings is 1. The van der Waals surface area contributed by atoms with Gasteiger partial charge in [0.05, 0.1) is 10.2 Å². The summed E-state index contributed by atoms with van der Waals surface area (Å²) in [6.07, 6.45) is 2.44. The number of benzene rings is 1. The highest BCUT2D eigenvalue weighted by atomic mass is 32.1. The first-order chi connectivity index (χ1) is 9.19. The molecule has 0 saturated carbocycles. The first kappa shape index (κ1) is 12.8. The molecule has 4 nitrogen and oxygen atoms in total. The molecule has 5 heteroatoms. The van der Waals surface area contributed by atoms with Gasteiger partial charge in [0.25, 0.3) is 0 Å². The van der Waals surface area contributed by atoms with Crippen LogP contribution >= 0.6 is 11.3 Å². The highest BCUT2D eigenvalue weighted by Gasteiger charge is 2.23. The molecule has 0 spiro atoms. The van der Waals surface area contributed by atoms with E-state index in [1.54, 1.807) is 4.57 Å². The summed E-state index contributed by atoms with van der Waals surface area (Å²) in [4.78, 5) is 14.2. The SMILES string of the molecule is Cn1c(=O)sc2cc(CN3CCCC3CN)ccc21. The Morgan fingerprint density at radius 3 is 3.11 bits per heavy atom. The van der Waals surface area contributed by atoms with Crippen molar-refractivity contribution in [2.24, 2.45) is 12.8 Å². The lowest BCUT2D eigenvalue weighted by Crippen LogP contribution is -2.34. The van der Waals surface area contributed by atoms with E-state index in [0.29, 0.717) is 6.04 Å². The van der Waals surface area contributed by atoms with Crippen LogP contribution in [-0.2, 0) is 13.6 Å². The predicted octanol–water partition coefficient (Wildman–Crippen LogP) is 1.52. The van der Waals surface area contributed by atoms with Gasteiger partial charge in [-0.15, -0.1) is 0 Å². The van der Waals surface area contributed by atoms with E-state index in [1.165, 1.54) is 29.7 Å². The molecule has 1 unspecified atom stereocenters.